The number of benzene rings is 1. The third-order valence-electron chi connectivity index (χ3n) is 3.21. The van der Waals surface area contributed by atoms with E-state index >= 15 is 0 Å². The van der Waals surface area contributed by atoms with Crippen LogP contribution in [0.2, 0.25) is 0 Å². The fourth-order valence-electron chi connectivity index (χ4n) is 1.93. The fourth-order valence-corrected chi connectivity index (χ4v) is 4.04. The van der Waals surface area contributed by atoms with E-state index in [9.17, 15) is 12.8 Å². The van der Waals surface area contributed by atoms with Crippen LogP contribution >= 0.6 is 11.3 Å². The average Bonchev–Trinajstić information content (AvgIpc) is 3.19. The minimum atomic E-state index is -4.02. The van der Waals surface area contributed by atoms with E-state index < -0.39 is 20.7 Å². The Morgan fingerprint density at radius 1 is 1.43 bits per heavy atom. The molecule has 0 aliphatic heterocycles. The molecule has 0 radical (unpaired) electrons. The molecule has 1 aliphatic carbocycles. The minimum absolute atomic E-state index is 0.238. The number of aromatic nitrogens is 1. The smallest absolute Gasteiger partial charge is 0.266 e. The van der Waals surface area contributed by atoms with E-state index in [1.807, 2.05) is 5.38 Å². The molecule has 0 bridgehead atoms. The van der Waals surface area contributed by atoms with Gasteiger partial charge in [0.2, 0.25) is 0 Å². The maximum atomic E-state index is 13.8. The van der Waals surface area contributed by atoms with Crippen molar-refractivity contribution in [2.45, 2.75) is 30.3 Å². The number of rotatable bonds is 5. The SMILES string of the molecule is O=S(=O)(Nc1nc(C2CC2)cs1)c1ccc(CO)cc1F. The standard InChI is InChI=1S/C13H13FN2O3S2/c14-10-5-8(6-17)1-4-12(10)21(18,19)16-13-15-11(7-20-13)9-2-3-9/h1,4-5,7,9,17H,2-3,6H2,(H,15,16). The first kappa shape index (κ1) is 14.4. The van der Waals surface area contributed by atoms with Crippen molar-refractivity contribution in [2.75, 3.05) is 4.72 Å². The summed E-state index contributed by atoms with van der Waals surface area (Å²) in [4.78, 5) is 3.76. The van der Waals surface area contributed by atoms with E-state index in [1.165, 1.54) is 17.4 Å². The molecular weight excluding hydrogens is 315 g/mol. The molecule has 8 heteroatoms. The van der Waals surface area contributed by atoms with Gasteiger partial charge in [0.05, 0.1) is 12.3 Å². The van der Waals surface area contributed by atoms with E-state index in [-0.39, 0.29) is 11.7 Å². The van der Waals surface area contributed by atoms with E-state index in [1.54, 1.807) is 0 Å². The monoisotopic (exact) mass is 328 g/mol. The molecule has 1 aliphatic rings. The summed E-state index contributed by atoms with van der Waals surface area (Å²) in [6.07, 6.45) is 2.15. The highest BCUT2D eigenvalue weighted by Crippen LogP contribution is 2.41. The lowest BCUT2D eigenvalue weighted by Gasteiger charge is -2.07. The van der Waals surface area contributed by atoms with Crippen molar-refractivity contribution < 1.29 is 17.9 Å². The van der Waals surface area contributed by atoms with Crippen LogP contribution in [0, 0.1) is 5.82 Å². The first-order valence-corrected chi connectivity index (χ1v) is 8.73. The van der Waals surface area contributed by atoms with Crippen LogP contribution in [0.25, 0.3) is 0 Å². The molecule has 0 atom stereocenters. The van der Waals surface area contributed by atoms with E-state index in [0.29, 0.717) is 11.5 Å². The zero-order valence-electron chi connectivity index (χ0n) is 10.9. The van der Waals surface area contributed by atoms with Crippen LogP contribution in [0.4, 0.5) is 9.52 Å². The number of aliphatic hydroxyl groups excluding tert-OH is 1. The highest BCUT2D eigenvalue weighted by molar-refractivity contribution is 7.93. The number of anilines is 1. The average molecular weight is 328 g/mol. The molecule has 112 valence electrons. The summed E-state index contributed by atoms with van der Waals surface area (Å²) < 4.78 is 40.5. The second-order valence-corrected chi connectivity index (χ2v) is 7.39. The second-order valence-electron chi connectivity index (χ2n) is 4.88. The molecule has 1 saturated carbocycles. The van der Waals surface area contributed by atoms with Gasteiger partial charge < -0.3 is 5.11 Å². The molecule has 1 heterocycles. The molecule has 21 heavy (non-hydrogen) atoms. The van der Waals surface area contributed by atoms with Gasteiger partial charge in [-0.15, -0.1) is 11.3 Å². The fraction of sp³-hybridized carbons (Fsp3) is 0.308. The van der Waals surface area contributed by atoms with Gasteiger partial charge in [0.1, 0.15) is 10.7 Å². The molecule has 1 fully saturated rings. The Morgan fingerprint density at radius 2 is 2.19 bits per heavy atom. The van der Waals surface area contributed by atoms with Crippen molar-refractivity contribution in [3.05, 3.63) is 40.7 Å². The predicted octanol–water partition coefficient (Wildman–Crippen LogP) is 2.45. The Kier molecular flexibility index (Phi) is 3.68. The van der Waals surface area contributed by atoms with E-state index in [0.717, 1.165) is 30.7 Å². The molecule has 1 aromatic heterocycles. The largest absolute Gasteiger partial charge is 0.392 e. The molecule has 0 unspecified atom stereocenters. The quantitative estimate of drug-likeness (QED) is 0.883. The van der Waals surface area contributed by atoms with Crippen molar-refractivity contribution in [1.82, 2.24) is 4.98 Å². The Hall–Kier alpha value is -1.51. The summed E-state index contributed by atoms with van der Waals surface area (Å²) >= 11 is 1.19. The summed E-state index contributed by atoms with van der Waals surface area (Å²) in [5.41, 5.74) is 1.20. The molecule has 0 spiro atoms. The van der Waals surface area contributed by atoms with Crippen LogP contribution in [-0.4, -0.2) is 18.5 Å². The summed E-state index contributed by atoms with van der Waals surface area (Å²) in [6, 6.07) is 3.51. The summed E-state index contributed by atoms with van der Waals surface area (Å²) in [6.45, 7) is -0.345. The van der Waals surface area contributed by atoms with E-state index in [4.69, 9.17) is 5.11 Å². The first-order chi connectivity index (χ1) is 9.99. The van der Waals surface area contributed by atoms with Gasteiger partial charge in [-0.1, -0.05) is 6.07 Å². The summed E-state index contributed by atoms with van der Waals surface area (Å²) in [7, 11) is -4.02. The van der Waals surface area contributed by atoms with Crippen molar-refractivity contribution >= 4 is 26.5 Å². The van der Waals surface area contributed by atoms with Gasteiger partial charge in [0, 0.05) is 11.3 Å². The molecule has 5 nitrogen and oxygen atoms in total. The maximum Gasteiger partial charge on any atom is 0.266 e. The third-order valence-corrected chi connectivity index (χ3v) is 5.48. The van der Waals surface area contributed by atoms with Gasteiger partial charge in [-0.2, -0.15) is 0 Å². The molecule has 0 saturated heterocycles. The van der Waals surface area contributed by atoms with Crippen LogP contribution in [0.15, 0.2) is 28.5 Å². The van der Waals surface area contributed by atoms with Gasteiger partial charge in [0.25, 0.3) is 10.0 Å². The Labute approximate surface area is 125 Å². The topological polar surface area (TPSA) is 79.3 Å². The number of aliphatic hydroxyl groups is 1. The minimum Gasteiger partial charge on any atom is -0.392 e. The Morgan fingerprint density at radius 3 is 2.81 bits per heavy atom. The Bertz CT molecular complexity index is 769. The van der Waals surface area contributed by atoms with Crippen molar-refractivity contribution in [3.8, 4) is 0 Å². The third kappa shape index (κ3) is 3.07. The highest BCUT2D eigenvalue weighted by atomic mass is 32.2. The first-order valence-electron chi connectivity index (χ1n) is 6.37. The van der Waals surface area contributed by atoms with Crippen LogP contribution in [0.1, 0.15) is 30.0 Å². The lowest BCUT2D eigenvalue weighted by Crippen LogP contribution is -2.14. The molecule has 2 N–H and O–H groups in total. The summed E-state index contributed by atoms with van der Waals surface area (Å²) in [5, 5.41) is 11.0. The second kappa shape index (κ2) is 5.36. The lowest BCUT2D eigenvalue weighted by atomic mass is 10.2. The molecular formula is C13H13FN2O3S2. The lowest BCUT2D eigenvalue weighted by molar-refractivity contribution is 0.281. The molecule has 3 rings (SSSR count). The Balaban J connectivity index is 1.85. The van der Waals surface area contributed by atoms with Gasteiger partial charge in [0.15, 0.2) is 5.13 Å². The van der Waals surface area contributed by atoms with Crippen molar-refractivity contribution in [1.29, 1.82) is 0 Å². The molecule has 1 aromatic carbocycles. The zero-order valence-corrected chi connectivity index (χ0v) is 12.5. The van der Waals surface area contributed by atoms with Crippen LogP contribution in [0.3, 0.4) is 0 Å². The van der Waals surface area contributed by atoms with Gasteiger partial charge in [-0.05, 0) is 30.5 Å². The van der Waals surface area contributed by atoms with Gasteiger partial charge in [-0.3, -0.25) is 4.72 Å². The van der Waals surface area contributed by atoms with E-state index in [2.05, 4.69) is 9.71 Å². The van der Waals surface area contributed by atoms with Gasteiger partial charge in [-0.25, -0.2) is 17.8 Å². The number of nitrogens with one attached hydrogen (secondary N) is 1. The zero-order chi connectivity index (χ0) is 15.0. The normalized spacial score (nSPS) is 15.1. The van der Waals surface area contributed by atoms with Crippen LogP contribution in [-0.2, 0) is 16.6 Å². The highest BCUT2D eigenvalue weighted by Gasteiger charge is 2.27. The number of sulfonamides is 1. The number of hydrogen-bond acceptors (Lipinski definition) is 5. The van der Waals surface area contributed by atoms with Gasteiger partial charge >= 0.3 is 0 Å². The van der Waals surface area contributed by atoms with Crippen molar-refractivity contribution in [3.63, 3.8) is 0 Å². The maximum absolute atomic E-state index is 13.8. The van der Waals surface area contributed by atoms with Crippen LogP contribution in [0.5, 0.6) is 0 Å². The predicted molar refractivity (Wildman–Crippen MR) is 77.2 cm³/mol. The number of hydrogen-bond donors (Lipinski definition) is 2. The molecule has 0 amide bonds. The number of nitrogens with zero attached hydrogens (tertiary/aromatic N) is 1. The number of thiazole rings is 1. The van der Waals surface area contributed by atoms with Crippen LogP contribution < -0.4 is 4.72 Å². The summed E-state index contributed by atoms with van der Waals surface area (Å²) in [5.74, 6) is -0.465. The van der Waals surface area contributed by atoms with Crippen molar-refractivity contribution in [2.24, 2.45) is 0 Å². The number of halogens is 1. The molecule has 2 aromatic rings.